The number of hydrogen-bond acceptors (Lipinski definition) is 6. The van der Waals surface area contributed by atoms with Crippen molar-refractivity contribution in [3.05, 3.63) is 29.8 Å². The summed E-state index contributed by atoms with van der Waals surface area (Å²) in [6, 6.07) is 4.19. The molecule has 9 heteroatoms. The van der Waals surface area contributed by atoms with Crippen molar-refractivity contribution in [3.63, 3.8) is 0 Å². The normalized spacial score (nSPS) is 13.1. The van der Waals surface area contributed by atoms with Crippen molar-refractivity contribution in [1.29, 1.82) is 0 Å². The predicted octanol–water partition coefficient (Wildman–Crippen LogP) is 3.02. The first kappa shape index (κ1) is 26.6. The van der Waals surface area contributed by atoms with Crippen LogP contribution in [-0.2, 0) is 14.3 Å². The highest BCUT2D eigenvalue weighted by molar-refractivity contribution is 7.80. The van der Waals surface area contributed by atoms with Gasteiger partial charge in [-0.1, -0.05) is 31.9 Å². The molecule has 0 bridgehead atoms. The number of rotatable bonds is 10. The van der Waals surface area contributed by atoms with Gasteiger partial charge < -0.3 is 25.4 Å². The molecule has 3 N–H and O–H groups in total. The molecular formula is C22H35N3O5S. The van der Waals surface area contributed by atoms with Gasteiger partial charge in [-0.25, -0.2) is 4.79 Å². The lowest BCUT2D eigenvalue weighted by molar-refractivity contribution is -0.140. The molecule has 0 aliphatic carbocycles. The maximum atomic E-state index is 13.1. The van der Waals surface area contributed by atoms with Gasteiger partial charge in [-0.15, -0.1) is 0 Å². The number of alkyl carbamates (subject to hydrolysis) is 1. The summed E-state index contributed by atoms with van der Waals surface area (Å²) < 4.78 is 5.22. The van der Waals surface area contributed by atoms with Crippen molar-refractivity contribution in [2.24, 2.45) is 0 Å². The molecule has 0 aromatic heterocycles. The maximum absolute atomic E-state index is 13.1. The molecule has 31 heavy (non-hydrogen) atoms. The van der Waals surface area contributed by atoms with Crippen molar-refractivity contribution in [2.75, 3.05) is 19.3 Å². The smallest absolute Gasteiger partial charge is 0.408 e. The summed E-state index contributed by atoms with van der Waals surface area (Å²) in [7, 11) is 1.50. The fourth-order valence-electron chi connectivity index (χ4n) is 2.90. The van der Waals surface area contributed by atoms with E-state index in [1.54, 1.807) is 32.9 Å². The lowest BCUT2D eigenvalue weighted by Gasteiger charge is -2.31. The molecular weight excluding hydrogens is 418 g/mol. The Kier molecular flexibility index (Phi) is 10.7. The van der Waals surface area contributed by atoms with Gasteiger partial charge in [-0.3, -0.25) is 9.59 Å². The Morgan fingerprint density at radius 2 is 1.77 bits per heavy atom. The highest BCUT2D eigenvalue weighted by Gasteiger charge is 2.33. The number of phenols is 1. The zero-order chi connectivity index (χ0) is 23.6. The summed E-state index contributed by atoms with van der Waals surface area (Å²) in [6.45, 7) is 7.73. The molecule has 0 spiro atoms. The lowest BCUT2D eigenvalue weighted by atomic mass is 10.0. The minimum atomic E-state index is -0.976. The van der Waals surface area contributed by atoms with Crippen LogP contribution in [0.1, 0.15) is 58.6 Å². The number of benzene rings is 1. The summed E-state index contributed by atoms with van der Waals surface area (Å²) >= 11 is 4.18. The van der Waals surface area contributed by atoms with E-state index in [2.05, 4.69) is 30.2 Å². The van der Waals surface area contributed by atoms with Crippen LogP contribution in [0.4, 0.5) is 4.79 Å². The maximum Gasteiger partial charge on any atom is 0.408 e. The molecule has 1 rings (SSSR count). The standard InChI is InChI=1S/C22H35N3O5S/c1-6-7-8-13-23-19(27)18(15-9-11-16(26)12-10-15)25(5)20(28)17(14-31)24-21(29)30-22(2,3)4/h9-12,17-18,26,31H,6-8,13-14H2,1-5H3,(H,23,27)(H,24,29). The quantitative estimate of drug-likeness (QED) is 0.322. The van der Waals surface area contributed by atoms with E-state index in [9.17, 15) is 19.5 Å². The number of likely N-dealkylation sites (N-methyl/N-ethyl adjacent to an activating group) is 1. The van der Waals surface area contributed by atoms with Gasteiger partial charge in [-0.2, -0.15) is 12.6 Å². The van der Waals surface area contributed by atoms with E-state index in [-0.39, 0.29) is 17.4 Å². The molecule has 0 fully saturated rings. The van der Waals surface area contributed by atoms with E-state index >= 15 is 0 Å². The number of aromatic hydroxyl groups is 1. The topological polar surface area (TPSA) is 108 Å². The van der Waals surface area contributed by atoms with E-state index in [1.165, 1.54) is 24.1 Å². The van der Waals surface area contributed by atoms with Crippen LogP contribution in [0.2, 0.25) is 0 Å². The van der Waals surface area contributed by atoms with E-state index < -0.39 is 29.7 Å². The highest BCUT2D eigenvalue weighted by Crippen LogP contribution is 2.23. The Hall–Kier alpha value is -2.42. The van der Waals surface area contributed by atoms with Crippen molar-refractivity contribution < 1.29 is 24.2 Å². The number of ether oxygens (including phenoxy) is 1. The van der Waals surface area contributed by atoms with Crippen molar-refractivity contribution in [3.8, 4) is 5.75 Å². The Balaban J connectivity index is 3.03. The third-order valence-electron chi connectivity index (χ3n) is 4.44. The molecule has 3 amide bonds. The van der Waals surface area contributed by atoms with Crippen molar-refractivity contribution in [2.45, 2.75) is 64.6 Å². The average Bonchev–Trinajstić information content (AvgIpc) is 2.69. The Labute approximate surface area is 190 Å². The van der Waals surface area contributed by atoms with Crippen LogP contribution in [0.15, 0.2) is 24.3 Å². The lowest BCUT2D eigenvalue weighted by Crippen LogP contribution is -2.52. The molecule has 0 aliphatic rings. The first-order valence-electron chi connectivity index (χ1n) is 10.4. The number of carbonyl (C=O) groups is 3. The number of nitrogens with one attached hydrogen (secondary N) is 2. The van der Waals surface area contributed by atoms with E-state index in [0.717, 1.165) is 19.3 Å². The predicted molar refractivity (Wildman–Crippen MR) is 123 cm³/mol. The first-order chi connectivity index (χ1) is 14.5. The third kappa shape index (κ3) is 9.08. The Morgan fingerprint density at radius 3 is 2.29 bits per heavy atom. The Bertz CT molecular complexity index is 734. The highest BCUT2D eigenvalue weighted by atomic mass is 32.1. The molecule has 0 saturated heterocycles. The minimum Gasteiger partial charge on any atom is -0.508 e. The van der Waals surface area contributed by atoms with Crippen LogP contribution in [-0.4, -0.2) is 58.9 Å². The first-order valence-corrected chi connectivity index (χ1v) is 11.1. The van der Waals surface area contributed by atoms with Crippen LogP contribution < -0.4 is 10.6 Å². The van der Waals surface area contributed by atoms with Crippen molar-refractivity contribution in [1.82, 2.24) is 15.5 Å². The van der Waals surface area contributed by atoms with Gasteiger partial charge in [0.1, 0.15) is 23.4 Å². The molecule has 0 heterocycles. The summed E-state index contributed by atoms with van der Waals surface area (Å²) in [5.74, 6) is -0.738. The number of unbranched alkanes of at least 4 members (excludes halogenated alkanes) is 2. The van der Waals surface area contributed by atoms with Crippen LogP contribution in [0.3, 0.4) is 0 Å². The number of thiol groups is 1. The largest absolute Gasteiger partial charge is 0.508 e. The third-order valence-corrected chi connectivity index (χ3v) is 4.81. The number of carbonyl (C=O) groups excluding carboxylic acids is 3. The van der Waals surface area contributed by atoms with Gasteiger partial charge >= 0.3 is 6.09 Å². The second-order valence-corrected chi connectivity index (χ2v) is 8.69. The van der Waals surface area contributed by atoms with Crippen LogP contribution in [0, 0.1) is 0 Å². The van der Waals surface area contributed by atoms with Gasteiger partial charge in [-0.05, 0) is 44.9 Å². The number of nitrogens with zero attached hydrogens (tertiary/aromatic N) is 1. The molecule has 2 atom stereocenters. The van der Waals surface area contributed by atoms with Gasteiger partial charge in [0.2, 0.25) is 11.8 Å². The Morgan fingerprint density at radius 1 is 1.16 bits per heavy atom. The number of hydrogen-bond donors (Lipinski definition) is 4. The van der Waals surface area contributed by atoms with Crippen LogP contribution >= 0.6 is 12.6 Å². The fraction of sp³-hybridized carbons (Fsp3) is 0.591. The molecule has 1 aromatic rings. The fourth-order valence-corrected chi connectivity index (χ4v) is 3.15. The van der Waals surface area contributed by atoms with Gasteiger partial charge in [0.05, 0.1) is 0 Å². The summed E-state index contributed by atoms with van der Waals surface area (Å²) in [4.78, 5) is 39.5. The van der Waals surface area contributed by atoms with E-state index in [0.29, 0.717) is 12.1 Å². The summed E-state index contributed by atoms with van der Waals surface area (Å²) in [6.07, 6.45) is 2.11. The zero-order valence-electron chi connectivity index (χ0n) is 19.0. The monoisotopic (exact) mass is 453 g/mol. The van der Waals surface area contributed by atoms with Gasteiger partial charge in [0.15, 0.2) is 0 Å². The molecule has 2 unspecified atom stereocenters. The van der Waals surface area contributed by atoms with Crippen LogP contribution in [0.25, 0.3) is 0 Å². The molecule has 174 valence electrons. The SMILES string of the molecule is CCCCCNC(=O)C(c1ccc(O)cc1)N(C)C(=O)C(CS)NC(=O)OC(C)(C)C. The molecule has 0 aliphatic heterocycles. The molecule has 1 aromatic carbocycles. The van der Waals surface area contributed by atoms with Crippen LogP contribution in [0.5, 0.6) is 5.75 Å². The second-order valence-electron chi connectivity index (χ2n) is 8.32. The molecule has 0 saturated carbocycles. The minimum absolute atomic E-state index is 0.0306. The second kappa shape index (κ2) is 12.4. The average molecular weight is 454 g/mol. The van der Waals surface area contributed by atoms with Gasteiger partial charge in [0.25, 0.3) is 0 Å². The van der Waals surface area contributed by atoms with Crippen molar-refractivity contribution >= 4 is 30.5 Å². The van der Waals surface area contributed by atoms with Gasteiger partial charge in [0, 0.05) is 19.3 Å². The molecule has 0 radical (unpaired) electrons. The number of amides is 3. The summed E-state index contributed by atoms with van der Waals surface area (Å²) in [5.41, 5.74) is -0.176. The van der Waals surface area contributed by atoms with E-state index in [4.69, 9.17) is 4.74 Å². The number of phenolic OH excluding ortho intramolecular Hbond substituents is 1. The molecule has 8 nitrogen and oxygen atoms in total. The van der Waals surface area contributed by atoms with E-state index in [1.807, 2.05) is 0 Å². The zero-order valence-corrected chi connectivity index (χ0v) is 19.9. The summed E-state index contributed by atoms with van der Waals surface area (Å²) in [5, 5.41) is 15.0.